The summed E-state index contributed by atoms with van der Waals surface area (Å²) in [5.74, 6) is 6.57. The normalized spacial score (nSPS) is 12.0. The average molecular weight is 290 g/mol. The Labute approximate surface area is 123 Å². The Morgan fingerprint density at radius 1 is 1.10 bits per heavy atom. The molecule has 0 amide bonds. The van der Waals surface area contributed by atoms with Gasteiger partial charge in [0.15, 0.2) is 11.5 Å². The van der Waals surface area contributed by atoms with E-state index in [1.54, 1.807) is 26.4 Å². The Balaban J connectivity index is 2.59. The number of methoxy groups -OCH3 is 2. The highest BCUT2D eigenvalue weighted by Gasteiger charge is 2.21. The fourth-order valence-electron chi connectivity index (χ4n) is 2.41. The van der Waals surface area contributed by atoms with Crippen molar-refractivity contribution in [2.24, 2.45) is 5.84 Å². The molecule has 5 heteroatoms. The lowest BCUT2D eigenvalue weighted by Gasteiger charge is -2.22. The second-order valence-electron chi connectivity index (χ2n) is 4.68. The molecule has 0 aliphatic heterocycles. The van der Waals surface area contributed by atoms with E-state index in [9.17, 15) is 4.39 Å². The van der Waals surface area contributed by atoms with Crippen LogP contribution in [0.2, 0.25) is 0 Å². The summed E-state index contributed by atoms with van der Waals surface area (Å²) in [7, 11) is 3.13. The van der Waals surface area contributed by atoms with Gasteiger partial charge < -0.3 is 9.47 Å². The van der Waals surface area contributed by atoms with Crippen LogP contribution in [-0.4, -0.2) is 14.2 Å². The summed E-state index contributed by atoms with van der Waals surface area (Å²) < 4.78 is 24.3. The highest BCUT2D eigenvalue weighted by atomic mass is 19.1. The standard InChI is InChI=1S/C16H19FN2O2/c1-10-7-8-11(17)9-13(10)15(19-18)12-5-4-6-14(20-2)16(12)21-3/h4-9,15,19H,18H2,1-3H3. The van der Waals surface area contributed by atoms with Crippen molar-refractivity contribution in [3.8, 4) is 11.5 Å². The number of nitrogens with one attached hydrogen (secondary N) is 1. The molecule has 0 bridgehead atoms. The van der Waals surface area contributed by atoms with Gasteiger partial charge >= 0.3 is 0 Å². The number of hydrazine groups is 1. The maximum Gasteiger partial charge on any atom is 0.165 e. The largest absolute Gasteiger partial charge is 0.493 e. The first kappa shape index (κ1) is 15.3. The number of aryl methyl sites for hydroxylation is 1. The fourth-order valence-corrected chi connectivity index (χ4v) is 2.41. The number of rotatable bonds is 5. The first-order valence-electron chi connectivity index (χ1n) is 6.55. The van der Waals surface area contributed by atoms with Crippen molar-refractivity contribution in [2.45, 2.75) is 13.0 Å². The molecule has 2 aromatic carbocycles. The topological polar surface area (TPSA) is 56.5 Å². The van der Waals surface area contributed by atoms with Gasteiger partial charge in [-0.15, -0.1) is 0 Å². The molecule has 0 saturated heterocycles. The first-order chi connectivity index (χ1) is 10.1. The van der Waals surface area contributed by atoms with Crippen molar-refractivity contribution < 1.29 is 13.9 Å². The van der Waals surface area contributed by atoms with Crippen LogP contribution in [0.5, 0.6) is 11.5 Å². The van der Waals surface area contributed by atoms with Gasteiger partial charge in [-0.3, -0.25) is 5.84 Å². The molecular weight excluding hydrogens is 271 g/mol. The van der Waals surface area contributed by atoms with Gasteiger partial charge in [0.25, 0.3) is 0 Å². The van der Waals surface area contributed by atoms with Gasteiger partial charge in [-0.1, -0.05) is 18.2 Å². The maximum absolute atomic E-state index is 13.6. The molecule has 4 nitrogen and oxygen atoms in total. The zero-order chi connectivity index (χ0) is 15.4. The van der Waals surface area contributed by atoms with Gasteiger partial charge in [-0.25, -0.2) is 9.82 Å². The molecular formula is C16H19FN2O2. The smallest absolute Gasteiger partial charge is 0.165 e. The van der Waals surface area contributed by atoms with E-state index in [-0.39, 0.29) is 5.82 Å². The minimum Gasteiger partial charge on any atom is -0.493 e. The van der Waals surface area contributed by atoms with Crippen molar-refractivity contribution in [3.63, 3.8) is 0 Å². The van der Waals surface area contributed by atoms with Gasteiger partial charge in [-0.05, 0) is 36.2 Å². The Hall–Kier alpha value is -2.11. The molecule has 1 atom stereocenters. The van der Waals surface area contributed by atoms with Crippen LogP contribution in [0.15, 0.2) is 36.4 Å². The molecule has 0 aliphatic rings. The summed E-state index contributed by atoms with van der Waals surface area (Å²) >= 11 is 0. The Morgan fingerprint density at radius 3 is 2.48 bits per heavy atom. The zero-order valence-electron chi connectivity index (χ0n) is 12.3. The lowest BCUT2D eigenvalue weighted by molar-refractivity contribution is 0.349. The summed E-state index contributed by atoms with van der Waals surface area (Å²) in [6, 6.07) is 9.74. The van der Waals surface area contributed by atoms with Crippen LogP contribution in [0.25, 0.3) is 0 Å². The molecule has 0 aliphatic carbocycles. The molecule has 0 fully saturated rings. The summed E-state index contributed by atoms with van der Waals surface area (Å²) in [5.41, 5.74) is 5.20. The highest BCUT2D eigenvalue weighted by molar-refractivity contribution is 5.51. The van der Waals surface area contributed by atoms with Crippen LogP contribution in [0.4, 0.5) is 4.39 Å². The summed E-state index contributed by atoms with van der Waals surface area (Å²) in [4.78, 5) is 0. The van der Waals surface area contributed by atoms with Gasteiger partial charge in [0.2, 0.25) is 0 Å². The molecule has 21 heavy (non-hydrogen) atoms. The second kappa shape index (κ2) is 6.56. The molecule has 0 aromatic heterocycles. The summed E-state index contributed by atoms with van der Waals surface area (Å²) in [5, 5.41) is 0. The Morgan fingerprint density at radius 2 is 1.86 bits per heavy atom. The third kappa shape index (κ3) is 2.99. The zero-order valence-corrected chi connectivity index (χ0v) is 12.3. The van der Waals surface area contributed by atoms with E-state index in [2.05, 4.69) is 5.43 Å². The van der Waals surface area contributed by atoms with Gasteiger partial charge in [0, 0.05) is 5.56 Å². The van der Waals surface area contributed by atoms with Crippen molar-refractivity contribution in [2.75, 3.05) is 14.2 Å². The van der Waals surface area contributed by atoms with Crippen LogP contribution < -0.4 is 20.7 Å². The SMILES string of the molecule is COc1cccc(C(NN)c2cc(F)ccc2C)c1OC. The highest BCUT2D eigenvalue weighted by Crippen LogP contribution is 2.37. The third-order valence-electron chi connectivity index (χ3n) is 3.46. The maximum atomic E-state index is 13.6. The fraction of sp³-hybridized carbons (Fsp3) is 0.250. The van der Waals surface area contributed by atoms with Crippen LogP contribution >= 0.6 is 0 Å². The molecule has 1 unspecified atom stereocenters. The van der Waals surface area contributed by atoms with E-state index in [0.29, 0.717) is 11.5 Å². The van der Waals surface area contributed by atoms with E-state index in [1.807, 2.05) is 19.1 Å². The van der Waals surface area contributed by atoms with E-state index in [0.717, 1.165) is 16.7 Å². The van der Waals surface area contributed by atoms with Crippen molar-refractivity contribution in [3.05, 3.63) is 58.9 Å². The monoisotopic (exact) mass is 290 g/mol. The number of ether oxygens (including phenoxy) is 2. The molecule has 2 rings (SSSR count). The quantitative estimate of drug-likeness (QED) is 0.656. The lowest BCUT2D eigenvalue weighted by atomic mass is 9.94. The van der Waals surface area contributed by atoms with Crippen molar-refractivity contribution >= 4 is 0 Å². The molecule has 0 saturated carbocycles. The Kier molecular flexibility index (Phi) is 4.77. The summed E-state index contributed by atoms with van der Waals surface area (Å²) in [6.45, 7) is 1.91. The first-order valence-corrected chi connectivity index (χ1v) is 6.55. The number of hydrogen-bond donors (Lipinski definition) is 2. The van der Waals surface area contributed by atoms with E-state index < -0.39 is 6.04 Å². The Bertz CT molecular complexity index is 632. The van der Waals surface area contributed by atoms with Gasteiger partial charge in [-0.2, -0.15) is 0 Å². The summed E-state index contributed by atoms with van der Waals surface area (Å²) in [6.07, 6.45) is 0. The molecule has 0 heterocycles. The van der Waals surface area contributed by atoms with Crippen LogP contribution in [0.3, 0.4) is 0 Å². The van der Waals surface area contributed by atoms with Crippen LogP contribution in [-0.2, 0) is 0 Å². The predicted molar refractivity (Wildman–Crippen MR) is 79.8 cm³/mol. The van der Waals surface area contributed by atoms with Crippen LogP contribution in [0.1, 0.15) is 22.7 Å². The average Bonchev–Trinajstić information content (AvgIpc) is 2.51. The number of halogens is 1. The molecule has 0 radical (unpaired) electrons. The number of benzene rings is 2. The second-order valence-corrected chi connectivity index (χ2v) is 4.68. The lowest BCUT2D eigenvalue weighted by Crippen LogP contribution is -2.29. The van der Waals surface area contributed by atoms with E-state index in [4.69, 9.17) is 15.3 Å². The molecule has 112 valence electrons. The molecule has 3 N–H and O–H groups in total. The van der Waals surface area contributed by atoms with Crippen LogP contribution in [0, 0.1) is 12.7 Å². The minimum atomic E-state index is -0.397. The number of para-hydroxylation sites is 1. The number of nitrogens with two attached hydrogens (primary N) is 1. The molecule has 2 aromatic rings. The van der Waals surface area contributed by atoms with Crippen molar-refractivity contribution in [1.82, 2.24) is 5.43 Å². The minimum absolute atomic E-state index is 0.308. The molecule has 0 spiro atoms. The van der Waals surface area contributed by atoms with E-state index in [1.165, 1.54) is 12.1 Å². The predicted octanol–water partition coefficient (Wildman–Crippen LogP) is 2.70. The number of hydrogen-bond acceptors (Lipinski definition) is 4. The third-order valence-corrected chi connectivity index (χ3v) is 3.46. The van der Waals surface area contributed by atoms with Gasteiger partial charge in [0.05, 0.1) is 20.3 Å². The van der Waals surface area contributed by atoms with E-state index >= 15 is 0 Å². The van der Waals surface area contributed by atoms with Gasteiger partial charge in [0.1, 0.15) is 5.82 Å². The van der Waals surface area contributed by atoms with Crippen molar-refractivity contribution in [1.29, 1.82) is 0 Å².